The van der Waals surface area contributed by atoms with E-state index < -0.39 is 0 Å². The Balaban J connectivity index is 1.82. The van der Waals surface area contributed by atoms with E-state index in [4.69, 9.17) is 0 Å². The second-order valence-corrected chi connectivity index (χ2v) is 6.71. The zero-order valence-electron chi connectivity index (χ0n) is 13.9. The van der Waals surface area contributed by atoms with Crippen LogP contribution in [0.4, 0.5) is 5.69 Å². The van der Waals surface area contributed by atoms with Crippen LogP contribution in [0.5, 0.6) is 0 Å². The van der Waals surface area contributed by atoms with Gasteiger partial charge in [-0.2, -0.15) is 0 Å². The number of anilines is 1. The quantitative estimate of drug-likeness (QED) is 0.760. The summed E-state index contributed by atoms with van der Waals surface area (Å²) < 4.78 is 0. The molecule has 6 heteroatoms. The van der Waals surface area contributed by atoms with E-state index in [2.05, 4.69) is 22.2 Å². The summed E-state index contributed by atoms with van der Waals surface area (Å²) in [6.45, 7) is 8.02. The Morgan fingerprint density at radius 2 is 2.12 bits per heavy atom. The number of carbonyl (C=O) groups excluding carboxylic acids is 2. The monoisotopic (exact) mass is 343 g/mol. The Hall–Kier alpha value is -2.47. The number of benzene rings is 1. The van der Waals surface area contributed by atoms with E-state index in [1.807, 2.05) is 26.0 Å². The summed E-state index contributed by atoms with van der Waals surface area (Å²) in [5, 5.41) is 6.63. The molecule has 0 radical (unpaired) electrons. The molecule has 0 bridgehead atoms. The number of thiazole rings is 1. The third-order valence-electron chi connectivity index (χ3n) is 3.48. The maximum Gasteiger partial charge on any atom is 0.247 e. The first-order valence-electron chi connectivity index (χ1n) is 7.70. The average Bonchev–Trinajstić information content (AvgIpc) is 2.85. The molecule has 1 aromatic carbocycles. The molecule has 1 heterocycles. The topological polar surface area (TPSA) is 71.1 Å². The number of nitrogens with zero attached hydrogens (tertiary/aromatic N) is 1. The van der Waals surface area contributed by atoms with Crippen LogP contribution in [0.25, 0.3) is 0 Å². The lowest BCUT2D eigenvalue weighted by Gasteiger charge is -2.07. The van der Waals surface area contributed by atoms with Crippen LogP contribution < -0.4 is 10.6 Å². The van der Waals surface area contributed by atoms with Crippen LogP contribution in [-0.4, -0.2) is 23.3 Å². The molecule has 0 aliphatic carbocycles. The summed E-state index contributed by atoms with van der Waals surface area (Å²) in [5.74, 6) is -0.321. The predicted molar refractivity (Wildman–Crippen MR) is 97.3 cm³/mol. The molecule has 0 unspecified atom stereocenters. The van der Waals surface area contributed by atoms with Crippen molar-refractivity contribution in [2.24, 2.45) is 0 Å². The van der Waals surface area contributed by atoms with E-state index in [9.17, 15) is 9.59 Å². The third-order valence-corrected chi connectivity index (χ3v) is 4.61. The molecule has 0 saturated heterocycles. The molecule has 2 aromatic rings. The molecule has 0 atom stereocenters. The fourth-order valence-corrected chi connectivity index (χ4v) is 3.09. The van der Waals surface area contributed by atoms with Gasteiger partial charge in [0, 0.05) is 23.5 Å². The number of aryl methyl sites for hydroxylation is 2. The van der Waals surface area contributed by atoms with Crippen molar-refractivity contribution in [2.75, 3.05) is 11.9 Å². The molecular formula is C18H21N3O2S. The number of aromatic nitrogens is 1. The van der Waals surface area contributed by atoms with E-state index in [1.54, 1.807) is 23.5 Å². The molecule has 24 heavy (non-hydrogen) atoms. The van der Waals surface area contributed by atoms with Crippen LogP contribution in [-0.2, 0) is 22.4 Å². The van der Waals surface area contributed by atoms with Gasteiger partial charge in [-0.1, -0.05) is 18.7 Å². The van der Waals surface area contributed by atoms with Crippen molar-refractivity contribution in [1.82, 2.24) is 10.3 Å². The standard InChI is InChI=1S/C18H21N3O2S/c1-4-16(22)21-15-7-5-6-14(10-15)11-17(23)19-9-8-18-20-12(2)13(3)24-18/h4-7,10H,1,8-9,11H2,2-3H3,(H,19,23)(H,21,22). The van der Waals surface area contributed by atoms with Crippen molar-refractivity contribution in [3.8, 4) is 0 Å². The van der Waals surface area contributed by atoms with Crippen molar-refractivity contribution < 1.29 is 9.59 Å². The van der Waals surface area contributed by atoms with Crippen LogP contribution in [0.1, 0.15) is 21.1 Å². The molecule has 0 spiro atoms. The van der Waals surface area contributed by atoms with Crippen molar-refractivity contribution in [3.05, 3.63) is 58.1 Å². The third kappa shape index (κ3) is 5.31. The van der Waals surface area contributed by atoms with Gasteiger partial charge in [0.15, 0.2) is 0 Å². The Morgan fingerprint density at radius 1 is 1.33 bits per heavy atom. The van der Waals surface area contributed by atoms with Gasteiger partial charge in [-0.05, 0) is 37.6 Å². The maximum atomic E-state index is 12.0. The average molecular weight is 343 g/mol. The number of nitrogens with one attached hydrogen (secondary N) is 2. The highest BCUT2D eigenvalue weighted by Crippen LogP contribution is 2.16. The zero-order valence-corrected chi connectivity index (χ0v) is 14.7. The van der Waals surface area contributed by atoms with Crippen LogP contribution in [0.2, 0.25) is 0 Å². The molecule has 2 N–H and O–H groups in total. The second kappa shape index (κ2) is 8.40. The van der Waals surface area contributed by atoms with E-state index >= 15 is 0 Å². The number of amides is 2. The molecule has 1 aromatic heterocycles. The van der Waals surface area contributed by atoms with Gasteiger partial charge in [0.2, 0.25) is 11.8 Å². The smallest absolute Gasteiger partial charge is 0.247 e. The Labute approximate surface area is 145 Å². The van der Waals surface area contributed by atoms with Crippen LogP contribution in [0.3, 0.4) is 0 Å². The summed E-state index contributed by atoms with van der Waals surface area (Å²) in [5.41, 5.74) is 2.55. The van der Waals surface area contributed by atoms with E-state index in [1.165, 1.54) is 11.0 Å². The van der Waals surface area contributed by atoms with Crippen molar-refractivity contribution >= 4 is 28.8 Å². The molecule has 5 nitrogen and oxygen atoms in total. The zero-order chi connectivity index (χ0) is 17.5. The molecule has 0 fully saturated rings. The van der Waals surface area contributed by atoms with Crippen molar-refractivity contribution in [1.29, 1.82) is 0 Å². The maximum absolute atomic E-state index is 12.0. The predicted octanol–water partition coefficient (Wildman–Crippen LogP) is 2.79. The van der Waals surface area contributed by atoms with Crippen molar-refractivity contribution in [3.63, 3.8) is 0 Å². The summed E-state index contributed by atoms with van der Waals surface area (Å²) in [6.07, 6.45) is 2.22. The highest BCUT2D eigenvalue weighted by molar-refractivity contribution is 7.11. The number of carbonyl (C=O) groups is 2. The molecule has 0 aliphatic heterocycles. The lowest BCUT2D eigenvalue weighted by Crippen LogP contribution is -2.27. The van der Waals surface area contributed by atoms with Crippen LogP contribution >= 0.6 is 11.3 Å². The van der Waals surface area contributed by atoms with E-state index in [0.29, 0.717) is 12.2 Å². The Bertz CT molecular complexity index is 733. The van der Waals surface area contributed by atoms with Crippen LogP contribution in [0.15, 0.2) is 36.9 Å². The number of hydrogen-bond donors (Lipinski definition) is 2. The second-order valence-electron chi connectivity index (χ2n) is 5.42. The fourth-order valence-electron chi connectivity index (χ4n) is 2.16. The summed E-state index contributed by atoms with van der Waals surface area (Å²) >= 11 is 1.67. The highest BCUT2D eigenvalue weighted by atomic mass is 32.1. The van der Waals surface area contributed by atoms with Crippen LogP contribution in [0, 0.1) is 13.8 Å². The van der Waals surface area contributed by atoms with Gasteiger partial charge < -0.3 is 10.6 Å². The minimum atomic E-state index is -0.273. The first-order chi connectivity index (χ1) is 11.5. The fraction of sp³-hybridized carbons (Fsp3) is 0.278. The lowest BCUT2D eigenvalue weighted by atomic mass is 10.1. The number of rotatable bonds is 7. The largest absolute Gasteiger partial charge is 0.355 e. The normalized spacial score (nSPS) is 10.2. The Morgan fingerprint density at radius 3 is 2.79 bits per heavy atom. The summed E-state index contributed by atoms with van der Waals surface area (Å²) in [4.78, 5) is 29.0. The van der Waals surface area contributed by atoms with Gasteiger partial charge in [0.1, 0.15) is 0 Å². The van der Waals surface area contributed by atoms with Gasteiger partial charge in [-0.25, -0.2) is 4.98 Å². The van der Waals surface area contributed by atoms with Gasteiger partial charge in [-0.15, -0.1) is 11.3 Å². The summed E-state index contributed by atoms with van der Waals surface area (Å²) in [7, 11) is 0. The first kappa shape index (κ1) is 17.9. The highest BCUT2D eigenvalue weighted by Gasteiger charge is 2.07. The summed E-state index contributed by atoms with van der Waals surface area (Å²) in [6, 6.07) is 7.23. The minimum absolute atomic E-state index is 0.0489. The SMILES string of the molecule is C=CC(=O)Nc1cccc(CC(=O)NCCc2nc(C)c(C)s2)c1. The Kier molecular flexibility index (Phi) is 6.26. The molecule has 126 valence electrons. The molecular weight excluding hydrogens is 322 g/mol. The first-order valence-corrected chi connectivity index (χ1v) is 8.51. The molecule has 2 rings (SSSR count). The molecule has 0 saturated carbocycles. The minimum Gasteiger partial charge on any atom is -0.355 e. The molecule has 2 amide bonds. The van der Waals surface area contributed by atoms with Crippen molar-refractivity contribution in [2.45, 2.75) is 26.7 Å². The molecule has 0 aliphatic rings. The van der Waals surface area contributed by atoms with E-state index in [0.717, 1.165) is 22.7 Å². The van der Waals surface area contributed by atoms with Gasteiger partial charge in [0.25, 0.3) is 0 Å². The lowest BCUT2D eigenvalue weighted by molar-refractivity contribution is -0.120. The van der Waals surface area contributed by atoms with E-state index in [-0.39, 0.29) is 18.2 Å². The van der Waals surface area contributed by atoms with Gasteiger partial charge >= 0.3 is 0 Å². The van der Waals surface area contributed by atoms with Gasteiger partial charge in [0.05, 0.1) is 17.1 Å². The van der Waals surface area contributed by atoms with Gasteiger partial charge in [-0.3, -0.25) is 9.59 Å². The number of hydrogen-bond acceptors (Lipinski definition) is 4.